The molecule has 54 valence electrons. The monoisotopic (exact) mass is 260 g/mol. The fourth-order valence-corrected chi connectivity index (χ4v) is 3.13. The molecule has 1 aromatic carbocycles. The van der Waals surface area contributed by atoms with E-state index >= 15 is 0 Å². The van der Waals surface area contributed by atoms with Crippen LogP contribution in [0.15, 0.2) is 28.7 Å². The van der Waals surface area contributed by atoms with Gasteiger partial charge in [0, 0.05) is 0 Å². The second-order valence-electron chi connectivity index (χ2n) is 2.71. The zero-order valence-electron chi connectivity index (χ0n) is 6.26. The van der Waals surface area contributed by atoms with Gasteiger partial charge in [0.1, 0.15) is 0 Å². The molecule has 0 unspecified atom stereocenters. The van der Waals surface area contributed by atoms with Gasteiger partial charge in [-0.25, -0.2) is 0 Å². The van der Waals surface area contributed by atoms with E-state index in [4.69, 9.17) is 0 Å². The Kier molecular flexibility index (Phi) is 2.99. The first-order valence-electron chi connectivity index (χ1n) is 3.45. The molecule has 0 N–H and O–H groups in total. The Hall–Kier alpha value is 0.243. The molecule has 0 aliphatic heterocycles. The van der Waals surface area contributed by atoms with Crippen molar-refractivity contribution in [3.63, 3.8) is 0 Å². The van der Waals surface area contributed by atoms with E-state index in [1.807, 2.05) is 0 Å². The van der Waals surface area contributed by atoms with Crippen molar-refractivity contribution in [3.05, 3.63) is 28.7 Å². The molecule has 0 saturated heterocycles. The standard InChI is InChI=1S/C8H11BrGe/c1-10(2)8-5-3-7(9)4-6-8/h3-6,10H,1-2H3. The van der Waals surface area contributed by atoms with Gasteiger partial charge >= 0.3 is 74.9 Å². The Balaban J connectivity index is 2.89. The molecule has 0 aliphatic rings. The van der Waals surface area contributed by atoms with Gasteiger partial charge in [0.2, 0.25) is 0 Å². The summed E-state index contributed by atoms with van der Waals surface area (Å²) in [5.74, 6) is 4.77. The van der Waals surface area contributed by atoms with Crippen molar-refractivity contribution in [1.29, 1.82) is 0 Å². The van der Waals surface area contributed by atoms with E-state index < -0.39 is 14.3 Å². The first-order chi connectivity index (χ1) is 4.70. The molecule has 0 atom stereocenters. The van der Waals surface area contributed by atoms with Gasteiger partial charge in [-0.3, -0.25) is 0 Å². The van der Waals surface area contributed by atoms with E-state index in [9.17, 15) is 0 Å². The van der Waals surface area contributed by atoms with Crippen LogP contribution in [0.3, 0.4) is 0 Å². The summed E-state index contributed by atoms with van der Waals surface area (Å²) in [6.07, 6.45) is 0. The van der Waals surface area contributed by atoms with Crippen molar-refractivity contribution >= 4 is 34.7 Å². The van der Waals surface area contributed by atoms with Crippen LogP contribution in [-0.4, -0.2) is 14.3 Å². The predicted molar refractivity (Wildman–Crippen MR) is 52.7 cm³/mol. The number of hydrogen-bond acceptors (Lipinski definition) is 0. The van der Waals surface area contributed by atoms with Crippen LogP contribution in [0.4, 0.5) is 0 Å². The Bertz CT molecular complexity index is 203. The van der Waals surface area contributed by atoms with Gasteiger partial charge in [-0.15, -0.1) is 0 Å². The maximum absolute atomic E-state index is 3.42. The summed E-state index contributed by atoms with van der Waals surface area (Å²) in [7, 11) is 0. The van der Waals surface area contributed by atoms with Crippen molar-refractivity contribution in [2.24, 2.45) is 0 Å². The van der Waals surface area contributed by atoms with Crippen LogP contribution in [0.5, 0.6) is 0 Å². The van der Waals surface area contributed by atoms with Crippen LogP contribution in [0, 0.1) is 0 Å². The second kappa shape index (κ2) is 3.58. The van der Waals surface area contributed by atoms with E-state index in [0.717, 1.165) is 0 Å². The van der Waals surface area contributed by atoms with Gasteiger partial charge in [-0.05, 0) is 0 Å². The molecule has 0 heterocycles. The molecule has 0 nitrogen and oxygen atoms in total. The third-order valence-electron chi connectivity index (χ3n) is 1.54. The normalized spacial score (nSPS) is 10.4. The molecule has 0 aromatic heterocycles. The quantitative estimate of drug-likeness (QED) is 0.678. The van der Waals surface area contributed by atoms with Crippen LogP contribution in [-0.2, 0) is 0 Å². The molecule has 2 heteroatoms. The van der Waals surface area contributed by atoms with Gasteiger partial charge in [-0.1, -0.05) is 0 Å². The third kappa shape index (κ3) is 2.13. The second-order valence-corrected chi connectivity index (χ2v) is 9.87. The van der Waals surface area contributed by atoms with Crippen LogP contribution in [0.25, 0.3) is 0 Å². The summed E-state index contributed by atoms with van der Waals surface area (Å²) >= 11 is 2.42. The molecule has 0 radical (unpaired) electrons. The van der Waals surface area contributed by atoms with E-state index in [1.54, 1.807) is 4.40 Å². The van der Waals surface area contributed by atoms with Gasteiger partial charge in [0.25, 0.3) is 0 Å². The Morgan fingerprint density at radius 1 is 1.10 bits per heavy atom. The zero-order chi connectivity index (χ0) is 7.56. The Labute approximate surface area is 74.9 Å². The zero-order valence-corrected chi connectivity index (χ0v) is 10.3. The molecule has 1 aromatic rings. The summed E-state index contributed by atoms with van der Waals surface area (Å²) in [5, 5.41) is 0. The van der Waals surface area contributed by atoms with Crippen molar-refractivity contribution < 1.29 is 0 Å². The van der Waals surface area contributed by atoms with Gasteiger partial charge in [0.05, 0.1) is 0 Å². The average molecular weight is 260 g/mol. The molecular weight excluding hydrogens is 249 g/mol. The molecular formula is C8H11BrGe. The summed E-state index contributed by atoms with van der Waals surface area (Å²) in [6.45, 7) is 0. The summed E-state index contributed by atoms with van der Waals surface area (Å²) in [6, 6.07) is 8.71. The van der Waals surface area contributed by atoms with E-state index in [-0.39, 0.29) is 0 Å². The first kappa shape index (κ1) is 8.34. The summed E-state index contributed by atoms with van der Waals surface area (Å²) in [5.41, 5.74) is 0. The fraction of sp³-hybridized carbons (Fsp3) is 0.250. The topological polar surface area (TPSA) is 0 Å². The van der Waals surface area contributed by atoms with Crippen molar-refractivity contribution in [2.45, 2.75) is 11.5 Å². The molecule has 0 fully saturated rings. The molecule has 10 heavy (non-hydrogen) atoms. The maximum atomic E-state index is 3.42. The van der Waals surface area contributed by atoms with Gasteiger partial charge in [-0.2, -0.15) is 0 Å². The molecule has 0 saturated carbocycles. The van der Waals surface area contributed by atoms with Crippen LogP contribution in [0.1, 0.15) is 0 Å². The number of rotatable bonds is 1. The van der Waals surface area contributed by atoms with Crippen molar-refractivity contribution in [2.75, 3.05) is 0 Å². The predicted octanol–water partition coefficient (Wildman–Crippen LogP) is 2.14. The van der Waals surface area contributed by atoms with Crippen LogP contribution >= 0.6 is 15.9 Å². The van der Waals surface area contributed by atoms with Crippen molar-refractivity contribution in [1.82, 2.24) is 0 Å². The van der Waals surface area contributed by atoms with Gasteiger partial charge in [0.15, 0.2) is 0 Å². The van der Waals surface area contributed by atoms with Crippen molar-refractivity contribution in [3.8, 4) is 0 Å². The minimum absolute atomic E-state index is 0.991. The van der Waals surface area contributed by atoms with Crippen LogP contribution < -0.4 is 4.40 Å². The molecule has 0 amide bonds. The number of benzene rings is 1. The first-order valence-corrected chi connectivity index (χ1v) is 10.3. The summed E-state index contributed by atoms with van der Waals surface area (Å²) < 4.78 is 2.76. The summed E-state index contributed by atoms with van der Waals surface area (Å²) in [4.78, 5) is 0. The Morgan fingerprint density at radius 2 is 1.60 bits per heavy atom. The molecule has 0 spiro atoms. The van der Waals surface area contributed by atoms with Crippen LogP contribution in [0.2, 0.25) is 11.5 Å². The van der Waals surface area contributed by atoms with E-state index in [1.165, 1.54) is 4.47 Å². The number of halogens is 1. The number of hydrogen-bond donors (Lipinski definition) is 0. The SMILES string of the molecule is [CH3][GeH]([CH3])[c]1ccc(Br)cc1. The van der Waals surface area contributed by atoms with Gasteiger partial charge < -0.3 is 0 Å². The Morgan fingerprint density at radius 3 is 2.00 bits per heavy atom. The minimum atomic E-state index is -0.991. The molecule has 0 aliphatic carbocycles. The molecule has 0 bridgehead atoms. The van der Waals surface area contributed by atoms with E-state index in [2.05, 4.69) is 51.7 Å². The van der Waals surface area contributed by atoms with E-state index in [0.29, 0.717) is 0 Å². The molecule has 1 rings (SSSR count). The average Bonchev–Trinajstić information content (AvgIpc) is 1.88. The third-order valence-corrected chi connectivity index (χ3v) is 5.67. The fourth-order valence-electron chi connectivity index (χ4n) is 0.848.